The molecule has 1 unspecified atom stereocenters. The van der Waals surface area contributed by atoms with Gasteiger partial charge in [-0.05, 0) is 25.0 Å². The highest BCUT2D eigenvalue weighted by atomic mass is 16.2. The average molecular weight is 245 g/mol. The smallest absolute Gasteiger partial charge is 0.245 e. The summed E-state index contributed by atoms with van der Waals surface area (Å²) < 4.78 is 0. The second kappa shape index (κ2) is 5.29. The van der Waals surface area contributed by atoms with Crippen molar-refractivity contribution in [3.63, 3.8) is 0 Å². The van der Waals surface area contributed by atoms with Gasteiger partial charge >= 0.3 is 0 Å². The molecule has 96 valence electrons. The molecule has 0 saturated carbocycles. The maximum absolute atomic E-state index is 11.9. The summed E-state index contributed by atoms with van der Waals surface area (Å²) in [5.41, 5.74) is 3.32. The maximum Gasteiger partial charge on any atom is 0.245 e. The van der Waals surface area contributed by atoms with E-state index in [1.165, 1.54) is 5.56 Å². The van der Waals surface area contributed by atoms with Crippen molar-refractivity contribution in [2.45, 2.75) is 33.6 Å². The topological polar surface area (TPSA) is 45.6 Å². The van der Waals surface area contributed by atoms with Crippen molar-refractivity contribution in [3.05, 3.63) is 29.6 Å². The first-order chi connectivity index (χ1) is 8.67. The summed E-state index contributed by atoms with van der Waals surface area (Å²) in [6.07, 6.45) is 5.31. The van der Waals surface area contributed by atoms with Gasteiger partial charge in [0.2, 0.25) is 5.91 Å². The Morgan fingerprint density at radius 1 is 1.44 bits per heavy atom. The number of carbonyl (C=O) groups excluding carboxylic acids is 1. The van der Waals surface area contributed by atoms with Crippen LogP contribution in [0.4, 0.5) is 0 Å². The van der Waals surface area contributed by atoms with Gasteiger partial charge in [-0.15, -0.1) is 0 Å². The largest absolute Gasteiger partial charge is 0.273 e. The Bertz CT molecular complexity index is 482. The van der Waals surface area contributed by atoms with Crippen LogP contribution in [-0.4, -0.2) is 28.2 Å². The highest BCUT2D eigenvalue weighted by Crippen LogP contribution is 2.21. The van der Waals surface area contributed by atoms with Crippen molar-refractivity contribution < 1.29 is 4.79 Å². The lowest BCUT2D eigenvalue weighted by Gasteiger charge is -2.27. The van der Waals surface area contributed by atoms with Gasteiger partial charge in [-0.3, -0.25) is 9.78 Å². The van der Waals surface area contributed by atoms with Crippen molar-refractivity contribution in [2.24, 2.45) is 11.0 Å². The fraction of sp³-hybridized carbons (Fsp3) is 0.500. The number of nitrogens with zero attached hydrogens (tertiary/aromatic N) is 3. The van der Waals surface area contributed by atoms with Crippen molar-refractivity contribution in [1.82, 2.24) is 9.99 Å². The fourth-order valence-corrected chi connectivity index (χ4v) is 2.25. The first kappa shape index (κ1) is 12.7. The molecule has 2 rings (SSSR count). The Balaban J connectivity index is 2.41. The number of pyridine rings is 1. The molecule has 2 heterocycles. The molecule has 0 bridgehead atoms. The van der Waals surface area contributed by atoms with Crippen molar-refractivity contribution in [3.8, 4) is 0 Å². The van der Waals surface area contributed by atoms with E-state index in [-0.39, 0.29) is 11.8 Å². The van der Waals surface area contributed by atoms with E-state index in [4.69, 9.17) is 0 Å². The fourth-order valence-electron chi connectivity index (χ4n) is 2.25. The van der Waals surface area contributed by atoms with Gasteiger partial charge in [0.05, 0.1) is 5.71 Å². The second-order valence-corrected chi connectivity index (χ2v) is 4.59. The number of aromatic nitrogens is 1. The lowest BCUT2D eigenvalue weighted by atomic mass is 9.94. The molecule has 4 nitrogen and oxygen atoms in total. The number of hydrogen-bond acceptors (Lipinski definition) is 3. The normalized spacial score (nSPS) is 19.9. The van der Waals surface area contributed by atoms with Crippen molar-refractivity contribution in [2.75, 3.05) is 6.54 Å². The second-order valence-electron chi connectivity index (χ2n) is 4.59. The molecular weight excluding hydrogens is 226 g/mol. The van der Waals surface area contributed by atoms with Crippen LogP contribution in [-0.2, 0) is 11.2 Å². The van der Waals surface area contributed by atoms with Crippen LogP contribution in [0.5, 0.6) is 0 Å². The summed E-state index contributed by atoms with van der Waals surface area (Å²) in [5.74, 6) is 0.128. The third-order valence-corrected chi connectivity index (χ3v) is 3.31. The molecule has 0 aliphatic carbocycles. The van der Waals surface area contributed by atoms with Crippen molar-refractivity contribution >= 4 is 11.6 Å². The molecule has 4 heteroatoms. The molecule has 1 aromatic heterocycles. The highest BCUT2D eigenvalue weighted by molar-refractivity contribution is 6.05. The third-order valence-electron chi connectivity index (χ3n) is 3.31. The van der Waals surface area contributed by atoms with Crippen LogP contribution in [0.25, 0.3) is 0 Å². The van der Waals surface area contributed by atoms with Gasteiger partial charge in [-0.2, -0.15) is 5.10 Å². The zero-order valence-electron chi connectivity index (χ0n) is 11.2. The molecule has 0 saturated heterocycles. The number of aryl methyl sites for hydroxylation is 1. The molecule has 1 aromatic rings. The summed E-state index contributed by atoms with van der Waals surface area (Å²) >= 11 is 0. The van der Waals surface area contributed by atoms with Crippen molar-refractivity contribution in [1.29, 1.82) is 0 Å². The molecule has 0 fully saturated rings. The SMILES string of the molecule is CCc1cnccc1C1=NN(CC)C(=O)C(C)C1. The third kappa shape index (κ3) is 2.28. The molecule has 1 aliphatic rings. The number of rotatable bonds is 3. The van der Waals surface area contributed by atoms with Gasteiger partial charge in [0.25, 0.3) is 0 Å². The van der Waals surface area contributed by atoms with E-state index in [1.54, 1.807) is 11.2 Å². The standard InChI is InChI=1S/C14H19N3O/c1-4-11-9-15-7-6-12(11)13-8-10(3)14(18)17(5-2)16-13/h6-7,9-10H,4-5,8H2,1-3H3. The van der Waals surface area contributed by atoms with Crippen LogP contribution < -0.4 is 0 Å². The van der Waals surface area contributed by atoms with Crippen LogP contribution in [0.1, 0.15) is 38.3 Å². The predicted octanol–water partition coefficient (Wildman–Crippen LogP) is 2.24. The van der Waals surface area contributed by atoms with Gasteiger partial charge in [0.1, 0.15) is 0 Å². The molecule has 0 aromatic carbocycles. The van der Waals surface area contributed by atoms with Gasteiger partial charge in [-0.1, -0.05) is 13.8 Å². The van der Waals surface area contributed by atoms with E-state index in [9.17, 15) is 4.79 Å². The van der Waals surface area contributed by atoms with Gasteiger partial charge in [0.15, 0.2) is 0 Å². The van der Waals surface area contributed by atoms with Gasteiger partial charge < -0.3 is 0 Å². The lowest BCUT2D eigenvalue weighted by molar-refractivity contribution is -0.135. The minimum Gasteiger partial charge on any atom is -0.273 e. The van der Waals surface area contributed by atoms with Crippen LogP contribution in [0.15, 0.2) is 23.6 Å². The van der Waals surface area contributed by atoms with E-state index in [2.05, 4.69) is 17.0 Å². The lowest BCUT2D eigenvalue weighted by Crippen LogP contribution is -2.37. The van der Waals surface area contributed by atoms with Crippen LogP contribution in [0.3, 0.4) is 0 Å². The highest BCUT2D eigenvalue weighted by Gasteiger charge is 2.27. The molecule has 1 atom stereocenters. The van der Waals surface area contributed by atoms with Crippen LogP contribution in [0, 0.1) is 5.92 Å². The Labute approximate surface area is 108 Å². The summed E-state index contributed by atoms with van der Waals surface area (Å²) in [6.45, 7) is 6.64. The summed E-state index contributed by atoms with van der Waals surface area (Å²) in [7, 11) is 0. The quantitative estimate of drug-likeness (QED) is 0.819. The summed E-state index contributed by atoms with van der Waals surface area (Å²) in [6, 6.07) is 1.99. The van der Waals surface area contributed by atoms with Gasteiger partial charge in [0, 0.05) is 36.8 Å². The monoisotopic (exact) mass is 245 g/mol. The molecule has 0 spiro atoms. The Morgan fingerprint density at radius 3 is 2.89 bits per heavy atom. The Hall–Kier alpha value is -1.71. The predicted molar refractivity (Wildman–Crippen MR) is 71.3 cm³/mol. The first-order valence-electron chi connectivity index (χ1n) is 6.49. The molecule has 1 aliphatic heterocycles. The van der Waals surface area contributed by atoms with Crippen LogP contribution in [0.2, 0.25) is 0 Å². The van der Waals surface area contributed by atoms with E-state index in [1.807, 2.05) is 26.1 Å². The Morgan fingerprint density at radius 2 is 2.22 bits per heavy atom. The molecule has 18 heavy (non-hydrogen) atoms. The number of amides is 1. The maximum atomic E-state index is 11.9. The average Bonchev–Trinajstić information content (AvgIpc) is 2.41. The van der Waals surface area contributed by atoms with Gasteiger partial charge in [-0.25, -0.2) is 5.01 Å². The summed E-state index contributed by atoms with van der Waals surface area (Å²) in [5, 5.41) is 6.06. The number of hydrazone groups is 1. The number of hydrogen-bond donors (Lipinski definition) is 0. The number of carbonyl (C=O) groups is 1. The zero-order valence-corrected chi connectivity index (χ0v) is 11.2. The zero-order chi connectivity index (χ0) is 13.1. The molecular formula is C14H19N3O. The first-order valence-corrected chi connectivity index (χ1v) is 6.49. The molecule has 0 radical (unpaired) electrons. The van der Waals surface area contributed by atoms with E-state index >= 15 is 0 Å². The van der Waals surface area contributed by atoms with Crippen LogP contribution >= 0.6 is 0 Å². The molecule has 1 amide bonds. The summed E-state index contributed by atoms with van der Waals surface area (Å²) in [4.78, 5) is 16.0. The van der Waals surface area contributed by atoms with E-state index in [0.717, 1.165) is 17.7 Å². The minimum atomic E-state index is 0.00956. The van der Waals surface area contributed by atoms with E-state index < -0.39 is 0 Å². The Kier molecular flexibility index (Phi) is 3.75. The van der Waals surface area contributed by atoms with E-state index in [0.29, 0.717) is 13.0 Å². The molecule has 0 N–H and O–H groups in total. The minimum absolute atomic E-state index is 0.00956.